The molecule has 1 aliphatic heterocycles. The van der Waals surface area contributed by atoms with Crippen LogP contribution in [0.1, 0.15) is 11.1 Å². The molecule has 0 aliphatic carbocycles. The van der Waals surface area contributed by atoms with E-state index in [9.17, 15) is 9.59 Å². The summed E-state index contributed by atoms with van der Waals surface area (Å²) in [6.45, 7) is 0.804. The van der Waals surface area contributed by atoms with Gasteiger partial charge in [0.05, 0.1) is 25.7 Å². The van der Waals surface area contributed by atoms with Crippen molar-refractivity contribution < 1.29 is 23.8 Å². The molecule has 1 heterocycles. The summed E-state index contributed by atoms with van der Waals surface area (Å²) in [5, 5.41) is -0.308. The molecule has 180 valence electrons. The first-order valence-electron chi connectivity index (χ1n) is 10.6. The van der Waals surface area contributed by atoms with E-state index in [1.54, 1.807) is 25.3 Å². The summed E-state index contributed by atoms with van der Waals surface area (Å²) in [6, 6.07) is 21.1. The fourth-order valence-electron chi connectivity index (χ4n) is 3.36. The number of rotatable bonds is 9. The van der Waals surface area contributed by atoms with Crippen molar-refractivity contribution in [3.8, 4) is 17.2 Å². The number of hydrogen-bond donors (Lipinski definition) is 0. The number of methoxy groups -OCH3 is 1. The molecule has 0 bridgehead atoms. The van der Waals surface area contributed by atoms with Crippen molar-refractivity contribution in [2.45, 2.75) is 6.61 Å². The maximum Gasteiger partial charge on any atom is 0.293 e. The Balaban J connectivity index is 1.41. The molecule has 0 aromatic heterocycles. The SMILES string of the molecule is COc1ccccc1OCCN1C(=O)S/C(=C\c2cc(I)c(OCc3ccccc3)c(I)c2)C1=O. The van der Waals surface area contributed by atoms with Crippen LogP contribution in [0, 0.1) is 7.14 Å². The summed E-state index contributed by atoms with van der Waals surface area (Å²) < 4.78 is 18.9. The van der Waals surface area contributed by atoms with Crippen LogP contribution in [0.3, 0.4) is 0 Å². The Morgan fingerprint density at radius 2 is 1.57 bits per heavy atom. The zero-order valence-corrected chi connectivity index (χ0v) is 23.8. The van der Waals surface area contributed by atoms with Crippen molar-refractivity contribution in [3.05, 3.63) is 89.9 Å². The number of ether oxygens (including phenoxy) is 3. The molecule has 4 rings (SSSR count). The molecule has 1 fully saturated rings. The van der Waals surface area contributed by atoms with Gasteiger partial charge in [0.2, 0.25) is 0 Å². The Bertz CT molecular complexity index is 1240. The third-order valence-corrected chi connectivity index (χ3v) is 7.57. The molecule has 1 aliphatic rings. The van der Waals surface area contributed by atoms with Crippen LogP contribution in [0.2, 0.25) is 0 Å². The van der Waals surface area contributed by atoms with E-state index in [1.165, 1.54) is 4.90 Å². The lowest BCUT2D eigenvalue weighted by molar-refractivity contribution is -0.123. The van der Waals surface area contributed by atoms with Gasteiger partial charge in [0.15, 0.2) is 11.5 Å². The van der Waals surface area contributed by atoms with Gasteiger partial charge in [-0.3, -0.25) is 14.5 Å². The van der Waals surface area contributed by atoms with Crippen molar-refractivity contribution in [2.24, 2.45) is 0 Å². The van der Waals surface area contributed by atoms with Crippen molar-refractivity contribution in [1.29, 1.82) is 0 Å². The van der Waals surface area contributed by atoms with E-state index >= 15 is 0 Å². The number of amides is 2. The number of halogens is 2. The minimum absolute atomic E-state index is 0.154. The number of imide groups is 1. The fourth-order valence-corrected chi connectivity index (χ4v) is 6.35. The summed E-state index contributed by atoms with van der Waals surface area (Å²) in [7, 11) is 1.56. The number of benzene rings is 3. The smallest absolute Gasteiger partial charge is 0.293 e. The number of hydrogen-bond acceptors (Lipinski definition) is 6. The van der Waals surface area contributed by atoms with Crippen molar-refractivity contribution in [1.82, 2.24) is 4.90 Å². The number of nitrogens with zero attached hydrogens (tertiary/aromatic N) is 1. The summed E-state index contributed by atoms with van der Waals surface area (Å²) in [4.78, 5) is 27.0. The van der Waals surface area contributed by atoms with Gasteiger partial charge in [-0.2, -0.15) is 0 Å². The average Bonchev–Trinajstić information content (AvgIpc) is 3.11. The van der Waals surface area contributed by atoms with Gasteiger partial charge in [-0.1, -0.05) is 42.5 Å². The molecule has 0 atom stereocenters. The highest BCUT2D eigenvalue weighted by Gasteiger charge is 2.35. The predicted molar refractivity (Wildman–Crippen MR) is 154 cm³/mol. The van der Waals surface area contributed by atoms with Gasteiger partial charge in [0, 0.05) is 0 Å². The second-order valence-electron chi connectivity index (χ2n) is 7.42. The molecule has 3 aromatic rings. The molecule has 3 aromatic carbocycles. The third-order valence-electron chi connectivity index (χ3n) is 5.06. The second-order valence-corrected chi connectivity index (χ2v) is 10.7. The van der Waals surface area contributed by atoms with Crippen LogP contribution in [0.25, 0.3) is 6.08 Å². The van der Waals surface area contributed by atoms with Crippen LogP contribution >= 0.6 is 56.9 Å². The molecule has 9 heteroatoms. The molecule has 0 saturated carbocycles. The highest BCUT2D eigenvalue weighted by molar-refractivity contribution is 14.1. The van der Waals surface area contributed by atoms with Gasteiger partial charge in [-0.25, -0.2) is 0 Å². The topological polar surface area (TPSA) is 65.1 Å². The first-order valence-corrected chi connectivity index (χ1v) is 13.6. The van der Waals surface area contributed by atoms with E-state index in [0.717, 1.165) is 35.8 Å². The zero-order chi connectivity index (χ0) is 24.8. The first-order chi connectivity index (χ1) is 17.0. The van der Waals surface area contributed by atoms with E-state index in [4.69, 9.17) is 14.2 Å². The molecule has 0 spiro atoms. The number of carbonyl (C=O) groups is 2. The molecule has 0 radical (unpaired) electrons. The number of para-hydroxylation sites is 2. The van der Waals surface area contributed by atoms with E-state index in [0.29, 0.717) is 23.0 Å². The van der Waals surface area contributed by atoms with Crippen LogP contribution in [-0.2, 0) is 11.4 Å². The highest BCUT2D eigenvalue weighted by Crippen LogP contribution is 2.35. The molecule has 0 N–H and O–H groups in total. The maximum absolute atomic E-state index is 12.9. The van der Waals surface area contributed by atoms with Crippen LogP contribution in [0.5, 0.6) is 17.2 Å². The highest BCUT2D eigenvalue weighted by atomic mass is 127. The molecular weight excluding hydrogens is 692 g/mol. The van der Waals surface area contributed by atoms with Crippen LogP contribution < -0.4 is 14.2 Å². The zero-order valence-electron chi connectivity index (χ0n) is 18.7. The van der Waals surface area contributed by atoms with Gasteiger partial charge >= 0.3 is 0 Å². The maximum atomic E-state index is 12.9. The van der Waals surface area contributed by atoms with Gasteiger partial charge in [-0.05, 0) is 98.4 Å². The second kappa shape index (κ2) is 12.1. The Labute approximate surface area is 235 Å². The minimum Gasteiger partial charge on any atom is -0.493 e. The summed E-state index contributed by atoms with van der Waals surface area (Å²) >= 11 is 5.39. The van der Waals surface area contributed by atoms with Crippen molar-refractivity contribution in [3.63, 3.8) is 0 Å². The van der Waals surface area contributed by atoms with E-state index in [1.807, 2.05) is 54.6 Å². The lowest BCUT2D eigenvalue weighted by atomic mass is 10.2. The Hall–Kier alpha value is -2.25. The Morgan fingerprint density at radius 1 is 0.914 bits per heavy atom. The lowest BCUT2D eigenvalue weighted by Gasteiger charge is -2.14. The van der Waals surface area contributed by atoms with Gasteiger partial charge < -0.3 is 14.2 Å². The fraction of sp³-hybridized carbons (Fsp3) is 0.154. The summed E-state index contributed by atoms with van der Waals surface area (Å²) in [6.07, 6.45) is 1.75. The largest absolute Gasteiger partial charge is 0.493 e. The normalized spacial score (nSPS) is 14.5. The lowest BCUT2D eigenvalue weighted by Crippen LogP contribution is -2.32. The molecule has 1 saturated heterocycles. The van der Waals surface area contributed by atoms with Gasteiger partial charge in [-0.15, -0.1) is 0 Å². The Morgan fingerprint density at radius 3 is 2.26 bits per heavy atom. The van der Waals surface area contributed by atoms with Crippen LogP contribution in [-0.4, -0.2) is 36.3 Å². The van der Waals surface area contributed by atoms with Crippen LogP contribution in [0.15, 0.2) is 71.6 Å². The van der Waals surface area contributed by atoms with Gasteiger partial charge in [0.1, 0.15) is 19.0 Å². The van der Waals surface area contributed by atoms with Gasteiger partial charge in [0.25, 0.3) is 11.1 Å². The quantitative estimate of drug-likeness (QED) is 0.184. The monoisotopic (exact) mass is 713 g/mol. The third kappa shape index (κ3) is 6.50. The van der Waals surface area contributed by atoms with E-state index < -0.39 is 0 Å². The average molecular weight is 713 g/mol. The van der Waals surface area contributed by atoms with Crippen molar-refractivity contribution in [2.75, 3.05) is 20.3 Å². The van der Waals surface area contributed by atoms with E-state index in [-0.39, 0.29) is 24.3 Å². The van der Waals surface area contributed by atoms with Crippen LogP contribution in [0.4, 0.5) is 4.79 Å². The summed E-state index contributed by atoms with van der Waals surface area (Å²) in [5.41, 5.74) is 1.92. The molecule has 35 heavy (non-hydrogen) atoms. The molecule has 2 amide bonds. The minimum atomic E-state index is -0.321. The Kier molecular flexibility index (Phi) is 8.95. The molecule has 6 nitrogen and oxygen atoms in total. The molecular formula is C26H21I2NO5S. The first kappa shape index (κ1) is 25.8. The van der Waals surface area contributed by atoms with Crippen molar-refractivity contribution >= 4 is 74.2 Å². The number of carbonyl (C=O) groups excluding carboxylic acids is 2. The molecule has 0 unspecified atom stereocenters. The summed E-state index contributed by atoms with van der Waals surface area (Å²) in [5.74, 6) is 1.64. The van der Waals surface area contributed by atoms with E-state index in [2.05, 4.69) is 45.2 Å². The predicted octanol–water partition coefficient (Wildman–Crippen LogP) is 6.60. The standard InChI is InChI=1S/C26H21I2NO5S/c1-32-21-9-5-6-10-22(21)33-12-11-29-25(30)23(35-26(29)31)15-18-13-19(27)24(20(28)14-18)34-16-17-7-3-2-4-8-17/h2-10,13-15H,11-12,16H2,1H3/b23-15-. The number of thioether (sulfide) groups is 1.